The highest BCUT2D eigenvalue weighted by Crippen LogP contribution is 2.33. The highest BCUT2D eigenvalue weighted by atomic mass is 35.5. The molecule has 0 bridgehead atoms. The van der Waals surface area contributed by atoms with Crippen molar-refractivity contribution in [3.05, 3.63) is 47.4 Å². The summed E-state index contributed by atoms with van der Waals surface area (Å²) < 4.78 is 35.2. The molecule has 1 aliphatic rings. The Bertz CT molecular complexity index is 1180. The number of nitrogens with zero attached hydrogens (tertiary/aromatic N) is 4. The first kappa shape index (κ1) is 22.0. The molecule has 0 saturated carbocycles. The molecule has 0 amide bonds. The van der Waals surface area contributed by atoms with Crippen molar-refractivity contribution in [2.45, 2.75) is 44.0 Å². The summed E-state index contributed by atoms with van der Waals surface area (Å²) in [6.07, 6.45) is 4.05. The molecule has 0 aliphatic carbocycles. The molecule has 9 heteroatoms. The van der Waals surface area contributed by atoms with Crippen LogP contribution in [0.5, 0.6) is 5.75 Å². The normalized spacial score (nSPS) is 16.3. The number of fused-ring (bicyclic) bond motifs is 1. The highest BCUT2D eigenvalue weighted by Gasteiger charge is 2.32. The van der Waals surface area contributed by atoms with Crippen molar-refractivity contribution in [2.75, 3.05) is 20.2 Å². The lowest BCUT2D eigenvalue weighted by molar-refractivity contribution is 0.272. The number of sulfonamides is 1. The van der Waals surface area contributed by atoms with Gasteiger partial charge in [-0.2, -0.15) is 4.31 Å². The summed E-state index contributed by atoms with van der Waals surface area (Å²) in [5.41, 5.74) is 1.77. The topological polar surface area (TPSA) is 77.3 Å². The van der Waals surface area contributed by atoms with Gasteiger partial charge >= 0.3 is 0 Å². The highest BCUT2D eigenvalue weighted by molar-refractivity contribution is 7.89. The zero-order valence-electron chi connectivity index (χ0n) is 18.0. The van der Waals surface area contributed by atoms with Gasteiger partial charge in [-0.25, -0.2) is 18.4 Å². The van der Waals surface area contributed by atoms with E-state index < -0.39 is 10.0 Å². The summed E-state index contributed by atoms with van der Waals surface area (Å²) in [5.74, 6) is 1.94. The van der Waals surface area contributed by atoms with Gasteiger partial charge in [0.2, 0.25) is 10.0 Å². The Kier molecular flexibility index (Phi) is 6.23. The summed E-state index contributed by atoms with van der Waals surface area (Å²) >= 11 is 6.15. The molecular weight excluding hydrogens is 436 g/mol. The van der Waals surface area contributed by atoms with Gasteiger partial charge in [0.25, 0.3) is 0 Å². The molecule has 0 N–H and O–H groups in total. The van der Waals surface area contributed by atoms with Crippen molar-refractivity contribution in [3.63, 3.8) is 0 Å². The Morgan fingerprint density at radius 1 is 1.23 bits per heavy atom. The molecule has 166 valence electrons. The van der Waals surface area contributed by atoms with Crippen LogP contribution in [0, 0.1) is 5.92 Å². The van der Waals surface area contributed by atoms with Crippen LogP contribution in [0.3, 0.4) is 0 Å². The van der Waals surface area contributed by atoms with Crippen molar-refractivity contribution in [2.24, 2.45) is 5.92 Å². The van der Waals surface area contributed by atoms with Crippen molar-refractivity contribution < 1.29 is 13.2 Å². The van der Waals surface area contributed by atoms with Gasteiger partial charge in [-0.1, -0.05) is 25.4 Å². The molecule has 3 heterocycles. The summed E-state index contributed by atoms with van der Waals surface area (Å²) in [7, 11) is -2.12. The SMILES string of the molecule is COc1ccc(S(=O)(=O)N2CCC(n3c(CC(C)C)nc4cccnc43)CC2)cc1Cl. The lowest BCUT2D eigenvalue weighted by atomic mass is 10.1. The van der Waals surface area contributed by atoms with Crippen molar-refractivity contribution in [3.8, 4) is 5.75 Å². The van der Waals surface area contributed by atoms with Crippen LogP contribution < -0.4 is 4.74 Å². The van der Waals surface area contributed by atoms with Crippen LogP contribution in [0.1, 0.15) is 38.6 Å². The van der Waals surface area contributed by atoms with Gasteiger partial charge in [0, 0.05) is 31.7 Å². The Morgan fingerprint density at radius 2 is 1.97 bits per heavy atom. The molecule has 0 spiro atoms. The van der Waals surface area contributed by atoms with Crippen LogP contribution in [0.15, 0.2) is 41.4 Å². The molecule has 31 heavy (non-hydrogen) atoms. The predicted molar refractivity (Wildman–Crippen MR) is 121 cm³/mol. The second-order valence-electron chi connectivity index (χ2n) is 8.27. The van der Waals surface area contributed by atoms with Gasteiger partial charge in [0.15, 0.2) is 5.65 Å². The lowest BCUT2D eigenvalue weighted by Gasteiger charge is -2.33. The van der Waals surface area contributed by atoms with E-state index in [9.17, 15) is 8.42 Å². The monoisotopic (exact) mass is 462 g/mol. The molecule has 4 rings (SSSR count). The zero-order chi connectivity index (χ0) is 22.2. The van der Waals surface area contributed by atoms with E-state index in [4.69, 9.17) is 21.3 Å². The minimum absolute atomic E-state index is 0.166. The van der Waals surface area contributed by atoms with E-state index in [0.717, 1.165) is 23.4 Å². The van der Waals surface area contributed by atoms with E-state index in [0.29, 0.717) is 37.6 Å². The van der Waals surface area contributed by atoms with Gasteiger partial charge in [-0.3, -0.25) is 0 Å². The summed E-state index contributed by atoms with van der Waals surface area (Å²) in [6.45, 7) is 5.22. The van der Waals surface area contributed by atoms with Gasteiger partial charge in [0.05, 0.1) is 17.0 Å². The summed E-state index contributed by atoms with van der Waals surface area (Å²) in [6, 6.07) is 8.63. The van der Waals surface area contributed by atoms with E-state index in [-0.39, 0.29) is 16.0 Å². The number of pyridine rings is 1. The Morgan fingerprint density at radius 3 is 2.61 bits per heavy atom. The molecule has 0 unspecified atom stereocenters. The first-order valence-corrected chi connectivity index (χ1v) is 12.3. The van der Waals surface area contributed by atoms with Crippen LogP contribution in [0.2, 0.25) is 5.02 Å². The first-order chi connectivity index (χ1) is 14.8. The second-order valence-corrected chi connectivity index (χ2v) is 10.6. The number of imidazole rings is 1. The molecule has 0 radical (unpaired) electrons. The van der Waals surface area contributed by atoms with Gasteiger partial charge in [-0.05, 0) is 49.1 Å². The Labute approximate surface area is 188 Å². The molecule has 0 atom stereocenters. The first-order valence-electron chi connectivity index (χ1n) is 10.5. The van der Waals surface area contributed by atoms with E-state index >= 15 is 0 Å². The average molecular weight is 463 g/mol. The summed E-state index contributed by atoms with van der Waals surface area (Å²) in [5, 5.41) is 0.285. The Balaban J connectivity index is 1.57. The van der Waals surface area contributed by atoms with Crippen LogP contribution >= 0.6 is 11.6 Å². The fraction of sp³-hybridized carbons (Fsp3) is 0.455. The lowest BCUT2D eigenvalue weighted by Crippen LogP contribution is -2.39. The fourth-order valence-corrected chi connectivity index (χ4v) is 5.99. The van der Waals surface area contributed by atoms with Crippen molar-refractivity contribution in [1.29, 1.82) is 0 Å². The number of hydrogen-bond acceptors (Lipinski definition) is 5. The zero-order valence-corrected chi connectivity index (χ0v) is 19.5. The van der Waals surface area contributed by atoms with Crippen molar-refractivity contribution >= 4 is 32.8 Å². The quantitative estimate of drug-likeness (QED) is 0.545. The van der Waals surface area contributed by atoms with Gasteiger partial charge in [-0.15, -0.1) is 0 Å². The number of aromatic nitrogens is 3. The second kappa shape index (κ2) is 8.76. The predicted octanol–water partition coefficient (Wildman–Crippen LogP) is 4.32. The number of ether oxygens (including phenoxy) is 1. The van der Waals surface area contributed by atoms with Crippen LogP contribution in [-0.4, -0.2) is 47.5 Å². The Hall–Kier alpha value is -2.16. The molecule has 7 nitrogen and oxygen atoms in total. The van der Waals surface area contributed by atoms with Crippen LogP contribution in [0.4, 0.5) is 0 Å². The third kappa shape index (κ3) is 4.29. The minimum atomic E-state index is -3.62. The average Bonchev–Trinajstić information content (AvgIpc) is 3.10. The number of hydrogen-bond donors (Lipinski definition) is 0. The molecule has 1 aromatic carbocycles. The fourth-order valence-electron chi connectivity index (χ4n) is 4.17. The largest absolute Gasteiger partial charge is 0.495 e. The van der Waals surface area contributed by atoms with E-state index in [2.05, 4.69) is 23.4 Å². The third-order valence-electron chi connectivity index (χ3n) is 5.66. The van der Waals surface area contributed by atoms with Crippen LogP contribution in [0.25, 0.3) is 11.2 Å². The maximum Gasteiger partial charge on any atom is 0.243 e. The molecule has 2 aromatic heterocycles. The van der Waals surface area contributed by atoms with E-state index in [1.165, 1.54) is 17.5 Å². The molecule has 3 aromatic rings. The minimum Gasteiger partial charge on any atom is -0.495 e. The molecular formula is C22H27ClN4O3S. The molecule has 1 fully saturated rings. The smallest absolute Gasteiger partial charge is 0.243 e. The maximum absolute atomic E-state index is 13.2. The number of rotatable bonds is 6. The van der Waals surface area contributed by atoms with Gasteiger partial charge in [0.1, 0.15) is 17.1 Å². The maximum atomic E-state index is 13.2. The van der Waals surface area contributed by atoms with Crippen LogP contribution in [-0.2, 0) is 16.4 Å². The number of halogens is 1. The molecule has 1 aliphatic heterocycles. The van der Waals surface area contributed by atoms with Crippen molar-refractivity contribution in [1.82, 2.24) is 18.8 Å². The van der Waals surface area contributed by atoms with Gasteiger partial charge < -0.3 is 9.30 Å². The summed E-state index contributed by atoms with van der Waals surface area (Å²) in [4.78, 5) is 9.57. The molecule has 1 saturated heterocycles. The number of benzene rings is 1. The standard InChI is InChI=1S/C22H27ClN4O3S/c1-15(2)13-21-25-19-5-4-10-24-22(19)27(21)16-8-11-26(12-9-16)31(28,29)17-6-7-20(30-3)18(23)14-17/h4-7,10,14-16H,8-9,11-13H2,1-3H3. The number of piperidine rings is 1. The van der Waals surface area contributed by atoms with E-state index in [1.807, 2.05) is 12.1 Å². The van der Waals surface area contributed by atoms with E-state index in [1.54, 1.807) is 18.3 Å². The number of methoxy groups -OCH3 is 1. The third-order valence-corrected chi connectivity index (χ3v) is 7.85.